The first kappa shape index (κ1) is 30.1. The minimum absolute atomic E-state index is 0.0466. The van der Waals surface area contributed by atoms with Crippen molar-refractivity contribution in [2.45, 2.75) is 43.3 Å². The van der Waals surface area contributed by atoms with E-state index in [0.717, 1.165) is 6.07 Å². The number of anilines is 1. The van der Waals surface area contributed by atoms with E-state index in [2.05, 4.69) is 11.6 Å². The van der Waals surface area contributed by atoms with Crippen LogP contribution in [0.25, 0.3) is 11.1 Å². The van der Waals surface area contributed by atoms with Gasteiger partial charge in [-0.05, 0) is 32.1 Å². The highest BCUT2D eigenvalue weighted by molar-refractivity contribution is 7.99. The summed E-state index contributed by atoms with van der Waals surface area (Å²) in [6.07, 6.45) is -0.285. The molecule has 1 saturated heterocycles. The van der Waals surface area contributed by atoms with Crippen molar-refractivity contribution in [1.82, 2.24) is 9.80 Å². The summed E-state index contributed by atoms with van der Waals surface area (Å²) in [6.45, 7) is 9.39. The van der Waals surface area contributed by atoms with Gasteiger partial charge in [-0.15, -0.1) is 11.8 Å². The Labute approximate surface area is 251 Å². The number of halogens is 4. The van der Waals surface area contributed by atoms with Gasteiger partial charge in [0.05, 0.1) is 28.4 Å². The standard InChI is InChI=1S/C28H31Cl2F2N5O3S/c1-4-23(38)37-14(2)10-35(11-15(37)3)27-18-8-20(30)24(17-7-19(29)22(32)9-21(17)31)26-25(18)36(28(39)34-27)12-16(13-41-26)40-6-5-33/h4,7-9,14-16,28,39H,1,5-6,10-13,33H2,2-3H3/t14-,15+,16?,28?. The Morgan fingerprint density at radius 1 is 1.17 bits per heavy atom. The number of hydrogen-bond donors (Lipinski definition) is 2. The van der Waals surface area contributed by atoms with Gasteiger partial charge in [0.15, 0.2) is 0 Å². The van der Waals surface area contributed by atoms with Gasteiger partial charge in [-0.3, -0.25) is 4.79 Å². The van der Waals surface area contributed by atoms with Crippen LogP contribution in [-0.4, -0.2) is 89.7 Å². The first-order valence-electron chi connectivity index (χ1n) is 13.2. The molecule has 0 saturated carbocycles. The molecule has 220 valence electrons. The molecule has 8 nitrogen and oxygen atoms in total. The second-order valence-electron chi connectivity index (χ2n) is 10.3. The molecule has 13 heteroatoms. The number of amidine groups is 1. The fraction of sp³-hybridized carbons (Fsp3) is 0.429. The van der Waals surface area contributed by atoms with E-state index in [9.17, 15) is 14.3 Å². The van der Waals surface area contributed by atoms with Gasteiger partial charge in [-0.1, -0.05) is 29.8 Å². The number of piperazine rings is 1. The molecule has 0 bridgehead atoms. The lowest BCUT2D eigenvalue weighted by atomic mass is 9.97. The largest absolute Gasteiger partial charge is 0.374 e. The molecule has 0 aromatic heterocycles. The van der Waals surface area contributed by atoms with Crippen molar-refractivity contribution in [1.29, 1.82) is 0 Å². The fourth-order valence-corrected chi connectivity index (χ4v) is 7.61. The Bertz CT molecular complexity index is 1400. The summed E-state index contributed by atoms with van der Waals surface area (Å²) < 4.78 is 35.3. The van der Waals surface area contributed by atoms with Gasteiger partial charge in [0, 0.05) is 71.7 Å². The molecule has 2 aromatic rings. The topological polar surface area (TPSA) is 94.6 Å². The van der Waals surface area contributed by atoms with Crippen LogP contribution in [0.1, 0.15) is 19.4 Å². The molecule has 41 heavy (non-hydrogen) atoms. The van der Waals surface area contributed by atoms with Crippen molar-refractivity contribution in [2.75, 3.05) is 43.4 Å². The zero-order valence-corrected chi connectivity index (χ0v) is 24.9. The normalized spacial score (nSPS) is 24.1. The van der Waals surface area contributed by atoms with Crippen molar-refractivity contribution in [3.05, 3.63) is 58.1 Å². The zero-order chi connectivity index (χ0) is 29.6. The predicted octanol–water partition coefficient (Wildman–Crippen LogP) is 4.34. The van der Waals surface area contributed by atoms with E-state index in [1.54, 1.807) is 15.9 Å². The van der Waals surface area contributed by atoms with E-state index in [1.807, 2.05) is 18.7 Å². The maximum Gasteiger partial charge on any atom is 0.246 e. The highest BCUT2D eigenvalue weighted by atomic mass is 35.5. The molecular formula is C28H31Cl2F2N5O3S. The van der Waals surface area contributed by atoms with Crippen molar-refractivity contribution in [3.8, 4) is 11.1 Å². The second-order valence-corrected chi connectivity index (χ2v) is 12.1. The van der Waals surface area contributed by atoms with Crippen molar-refractivity contribution in [2.24, 2.45) is 10.7 Å². The number of nitrogens with zero attached hydrogens (tertiary/aromatic N) is 4. The van der Waals surface area contributed by atoms with Crippen LogP contribution < -0.4 is 10.6 Å². The fourth-order valence-electron chi connectivity index (χ4n) is 5.80. The number of thioether (sulfide) groups is 1. The molecule has 3 aliphatic heterocycles. The van der Waals surface area contributed by atoms with Gasteiger partial charge >= 0.3 is 0 Å². The molecule has 0 aliphatic carbocycles. The first-order valence-corrected chi connectivity index (χ1v) is 15.0. The zero-order valence-electron chi connectivity index (χ0n) is 22.6. The third-order valence-electron chi connectivity index (χ3n) is 7.46. The molecule has 1 fully saturated rings. The van der Waals surface area contributed by atoms with Crippen LogP contribution in [0.2, 0.25) is 10.0 Å². The summed E-state index contributed by atoms with van der Waals surface area (Å²) in [7, 11) is 0. The number of nitrogens with two attached hydrogens (primary N) is 1. The number of amides is 1. The number of carbonyl (C=O) groups excluding carboxylic acids is 1. The van der Waals surface area contributed by atoms with Crippen molar-refractivity contribution in [3.63, 3.8) is 0 Å². The lowest BCUT2D eigenvalue weighted by Gasteiger charge is -2.47. The van der Waals surface area contributed by atoms with Gasteiger partial charge in [0.2, 0.25) is 12.3 Å². The van der Waals surface area contributed by atoms with Gasteiger partial charge in [0.1, 0.15) is 17.5 Å². The summed E-state index contributed by atoms with van der Waals surface area (Å²) in [5.74, 6) is -0.858. The van der Waals surface area contributed by atoms with E-state index in [-0.39, 0.29) is 39.7 Å². The molecule has 3 heterocycles. The summed E-state index contributed by atoms with van der Waals surface area (Å²) in [5, 5.41) is 11.4. The summed E-state index contributed by atoms with van der Waals surface area (Å²) in [5.41, 5.74) is 7.33. The molecule has 3 N–H and O–H groups in total. The molecule has 4 atom stereocenters. The number of aliphatic hydroxyl groups is 1. The molecule has 2 unspecified atom stereocenters. The number of rotatable bonds is 5. The number of carbonyl (C=O) groups is 1. The maximum absolute atomic E-state index is 15.2. The van der Waals surface area contributed by atoms with Crippen LogP contribution in [0, 0.1) is 11.6 Å². The van der Waals surface area contributed by atoms with Crippen LogP contribution in [0.5, 0.6) is 0 Å². The monoisotopic (exact) mass is 625 g/mol. The molecule has 3 aliphatic rings. The maximum atomic E-state index is 15.2. The Kier molecular flexibility index (Phi) is 8.84. The lowest BCUT2D eigenvalue weighted by molar-refractivity contribution is -0.132. The second kappa shape index (κ2) is 12.1. The van der Waals surface area contributed by atoms with E-state index in [0.29, 0.717) is 66.1 Å². The van der Waals surface area contributed by atoms with E-state index in [4.69, 9.17) is 33.7 Å². The van der Waals surface area contributed by atoms with Crippen LogP contribution in [0.15, 0.2) is 40.7 Å². The number of hydrogen-bond acceptors (Lipinski definition) is 8. The molecule has 1 amide bonds. The van der Waals surface area contributed by atoms with Crippen molar-refractivity contribution < 1.29 is 23.4 Å². The number of aliphatic hydroxyl groups excluding tert-OH is 1. The first-order chi connectivity index (χ1) is 19.5. The Hall–Kier alpha value is -2.41. The third kappa shape index (κ3) is 5.55. The highest BCUT2D eigenvalue weighted by Crippen LogP contribution is 2.50. The summed E-state index contributed by atoms with van der Waals surface area (Å²) in [4.78, 5) is 23.3. The van der Waals surface area contributed by atoms with Crippen LogP contribution >= 0.6 is 35.0 Å². The molecule has 2 aromatic carbocycles. The van der Waals surface area contributed by atoms with E-state index >= 15 is 4.39 Å². The average molecular weight is 627 g/mol. The minimum Gasteiger partial charge on any atom is -0.374 e. The minimum atomic E-state index is -1.27. The molecule has 5 rings (SSSR count). The lowest BCUT2D eigenvalue weighted by Crippen LogP contribution is -2.60. The smallest absolute Gasteiger partial charge is 0.246 e. The predicted molar refractivity (Wildman–Crippen MR) is 159 cm³/mol. The Morgan fingerprint density at radius 2 is 1.85 bits per heavy atom. The Balaban J connectivity index is 1.66. The Morgan fingerprint density at radius 3 is 2.51 bits per heavy atom. The van der Waals surface area contributed by atoms with E-state index in [1.165, 1.54) is 23.9 Å². The number of ether oxygens (including phenoxy) is 1. The molecule has 0 spiro atoms. The molecule has 0 radical (unpaired) electrons. The van der Waals surface area contributed by atoms with Crippen LogP contribution in [0.3, 0.4) is 0 Å². The quantitative estimate of drug-likeness (QED) is 0.377. The van der Waals surface area contributed by atoms with Gasteiger partial charge < -0.3 is 30.3 Å². The van der Waals surface area contributed by atoms with Gasteiger partial charge in [-0.2, -0.15) is 0 Å². The number of benzene rings is 2. The van der Waals surface area contributed by atoms with Gasteiger partial charge in [0.25, 0.3) is 0 Å². The SMILES string of the molecule is C=CC(=O)N1[C@H](C)CN(C2=NC(O)N3CC(OCCN)CSc4c(-c5cc(Cl)c(F)cc5F)c(Cl)cc2c43)C[C@@H]1C. The molecular weight excluding hydrogens is 595 g/mol. The van der Waals surface area contributed by atoms with E-state index < -0.39 is 18.0 Å². The van der Waals surface area contributed by atoms with Crippen LogP contribution in [-0.2, 0) is 9.53 Å². The van der Waals surface area contributed by atoms with Gasteiger partial charge in [-0.25, -0.2) is 13.8 Å². The average Bonchev–Trinajstić information content (AvgIpc) is 3.12. The third-order valence-corrected chi connectivity index (χ3v) is 9.28. The highest BCUT2D eigenvalue weighted by Gasteiger charge is 2.40. The summed E-state index contributed by atoms with van der Waals surface area (Å²) in [6, 6.07) is 3.34. The number of aliphatic imine (C=N–C) groups is 1. The van der Waals surface area contributed by atoms with Crippen LogP contribution in [0.4, 0.5) is 14.5 Å². The van der Waals surface area contributed by atoms with Crippen molar-refractivity contribution >= 4 is 52.4 Å². The summed E-state index contributed by atoms with van der Waals surface area (Å²) >= 11 is 14.4.